The van der Waals surface area contributed by atoms with Crippen molar-refractivity contribution in [2.45, 2.75) is 45.1 Å². The Labute approximate surface area is 226 Å². The maximum atomic E-state index is 13.5. The number of carbonyl (C=O) groups is 2. The van der Waals surface area contributed by atoms with Crippen LogP contribution in [0.5, 0.6) is 5.75 Å². The molecule has 2 heterocycles. The molecular weight excluding hydrogens is 515 g/mol. The van der Waals surface area contributed by atoms with Crippen LogP contribution in [0.15, 0.2) is 48.7 Å². The van der Waals surface area contributed by atoms with Gasteiger partial charge in [-0.05, 0) is 76.1 Å². The topological polar surface area (TPSA) is 85.7 Å². The van der Waals surface area contributed by atoms with E-state index in [2.05, 4.69) is 10.4 Å². The van der Waals surface area contributed by atoms with Gasteiger partial charge in [0.25, 0.3) is 5.91 Å². The number of carbonyl (C=O) groups excluding carboxylic acids is 2. The second kappa shape index (κ2) is 11.0. The van der Waals surface area contributed by atoms with Crippen LogP contribution in [0.3, 0.4) is 0 Å². The number of nitrogens with zero attached hydrogens (tertiary/aromatic N) is 3. The average molecular weight is 545 g/mol. The van der Waals surface area contributed by atoms with E-state index in [0.717, 1.165) is 11.4 Å². The number of rotatable bonds is 5. The van der Waals surface area contributed by atoms with E-state index < -0.39 is 5.60 Å². The molecule has 0 bridgehead atoms. The summed E-state index contributed by atoms with van der Waals surface area (Å²) in [5.74, 6) is 0.152. The van der Waals surface area contributed by atoms with Crippen molar-refractivity contribution in [1.29, 1.82) is 0 Å². The van der Waals surface area contributed by atoms with Crippen LogP contribution in [-0.2, 0) is 4.74 Å². The van der Waals surface area contributed by atoms with E-state index in [1.54, 1.807) is 46.1 Å². The van der Waals surface area contributed by atoms with Gasteiger partial charge in [0.05, 0.1) is 35.9 Å². The number of methoxy groups -OCH3 is 1. The van der Waals surface area contributed by atoms with Gasteiger partial charge in [0.15, 0.2) is 0 Å². The maximum Gasteiger partial charge on any atom is 0.410 e. The van der Waals surface area contributed by atoms with E-state index in [9.17, 15) is 9.59 Å². The number of nitrogens with one attached hydrogen (secondary N) is 1. The predicted octanol–water partition coefficient (Wildman–Crippen LogP) is 6.55. The Morgan fingerprint density at radius 1 is 1.03 bits per heavy atom. The van der Waals surface area contributed by atoms with E-state index in [4.69, 9.17) is 32.7 Å². The predicted molar refractivity (Wildman–Crippen MR) is 144 cm³/mol. The maximum absolute atomic E-state index is 13.5. The average Bonchev–Trinajstić information content (AvgIpc) is 3.29. The highest BCUT2D eigenvalue weighted by Gasteiger charge is 2.32. The minimum Gasteiger partial charge on any atom is -0.495 e. The largest absolute Gasteiger partial charge is 0.495 e. The number of hydrogen-bond donors (Lipinski definition) is 1. The third kappa shape index (κ3) is 6.37. The number of ether oxygens (including phenoxy) is 2. The third-order valence-electron chi connectivity index (χ3n) is 6.07. The second-order valence-electron chi connectivity index (χ2n) is 9.87. The van der Waals surface area contributed by atoms with Crippen molar-refractivity contribution >= 4 is 40.9 Å². The quantitative estimate of drug-likeness (QED) is 0.393. The van der Waals surface area contributed by atoms with Crippen molar-refractivity contribution in [2.75, 3.05) is 25.5 Å². The van der Waals surface area contributed by atoms with Crippen molar-refractivity contribution in [2.24, 2.45) is 0 Å². The molecule has 10 heteroatoms. The van der Waals surface area contributed by atoms with E-state index in [1.807, 2.05) is 32.9 Å². The van der Waals surface area contributed by atoms with Crippen LogP contribution in [0.4, 0.5) is 10.5 Å². The highest BCUT2D eigenvalue weighted by Crippen LogP contribution is 2.34. The summed E-state index contributed by atoms with van der Waals surface area (Å²) >= 11 is 12.3. The fourth-order valence-electron chi connectivity index (χ4n) is 4.34. The van der Waals surface area contributed by atoms with Crippen LogP contribution in [0.2, 0.25) is 10.0 Å². The SMILES string of the molecule is COc1ccc(Cl)cc1NC(=O)c1cnn(-c2ccc(Cl)cc2)c1C1CCN(C(=O)OC(C)(C)C)CC1. The Hall–Kier alpha value is -3.23. The van der Waals surface area contributed by atoms with Crippen LogP contribution >= 0.6 is 23.2 Å². The molecule has 8 nitrogen and oxygen atoms in total. The summed E-state index contributed by atoms with van der Waals surface area (Å²) in [6.45, 7) is 6.56. The fraction of sp³-hybridized carbons (Fsp3) is 0.370. The molecule has 37 heavy (non-hydrogen) atoms. The molecular formula is C27H30Cl2N4O4. The lowest BCUT2D eigenvalue weighted by molar-refractivity contribution is 0.0203. The number of piperidine rings is 1. The zero-order chi connectivity index (χ0) is 26.7. The molecule has 0 unspecified atom stereocenters. The number of aromatic nitrogens is 2. The summed E-state index contributed by atoms with van der Waals surface area (Å²) in [4.78, 5) is 27.8. The molecule has 1 aromatic heterocycles. The van der Waals surface area contributed by atoms with Crippen molar-refractivity contribution in [3.05, 3.63) is 70.0 Å². The molecule has 0 spiro atoms. The Bertz CT molecular complexity index is 1280. The first kappa shape index (κ1) is 26.8. The van der Waals surface area contributed by atoms with Gasteiger partial charge in [-0.15, -0.1) is 0 Å². The summed E-state index contributed by atoms with van der Waals surface area (Å²) in [7, 11) is 1.53. The molecule has 0 saturated carbocycles. The van der Waals surface area contributed by atoms with E-state index >= 15 is 0 Å². The molecule has 1 aliphatic heterocycles. The Morgan fingerprint density at radius 3 is 2.30 bits per heavy atom. The summed E-state index contributed by atoms with van der Waals surface area (Å²) in [6, 6.07) is 12.3. The van der Waals surface area contributed by atoms with Gasteiger partial charge in [-0.25, -0.2) is 9.48 Å². The molecule has 2 aromatic carbocycles. The van der Waals surface area contributed by atoms with Crippen LogP contribution in [0, 0.1) is 0 Å². The highest BCUT2D eigenvalue weighted by atomic mass is 35.5. The summed E-state index contributed by atoms with van der Waals surface area (Å²) in [5.41, 5.74) is 1.89. The normalized spacial score (nSPS) is 14.4. The molecule has 1 fully saturated rings. The van der Waals surface area contributed by atoms with Gasteiger partial charge in [-0.3, -0.25) is 4.79 Å². The van der Waals surface area contributed by atoms with Crippen molar-refractivity contribution in [1.82, 2.24) is 14.7 Å². The lowest BCUT2D eigenvalue weighted by atomic mass is 9.90. The Balaban J connectivity index is 1.64. The van der Waals surface area contributed by atoms with Gasteiger partial charge in [0.1, 0.15) is 11.4 Å². The molecule has 2 amide bonds. The van der Waals surface area contributed by atoms with Gasteiger partial charge in [0, 0.05) is 29.1 Å². The lowest BCUT2D eigenvalue weighted by Crippen LogP contribution is -2.41. The van der Waals surface area contributed by atoms with Gasteiger partial charge in [-0.1, -0.05) is 23.2 Å². The monoisotopic (exact) mass is 544 g/mol. The molecule has 1 saturated heterocycles. The van der Waals surface area contributed by atoms with Crippen molar-refractivity contribution < 1.29 is 19.1 Å². The zero-order valence-electron chi connectivity index (χ0n) is 21.3. The van der Waals surface area contributed by atoms with Gasteiger partial charge in [0.2, 0.25) is 0 Å². The number of amides is 2. The van der Waals surface area contributed by atoms with Crippen LogP contribution in [-0.4, -0.2) is 52.5 Å². The summed E-state index contributed by atoms with van der Waals surface area (Å²) < 4.78 is 12.7. The smallest absolute Gasteiger partial charge is 0.410 e. The second-order valence-corrected chi connectivity index (χ2v) is 10.7. The number of anilines is 1. The van der Waals surface area contributed by atoms with E-state index in [1.165, 1.54) is 7.11 Å². The molecule has 4 rings (SSSR count). The fourth-order valence-corrected chi connectivity index (χ4v) is 4.64. The first-order valence-corrected chi connectivity index (χ1v) is 12.8. The number of benzene rings is 2. The minimum absolute atomic E-state index is 0.0149. The third-order valence-corrected chi connectivity index (χ3v) is 6.55. The molecule has 3 aromatic rings. The minimum atomic E-state index is -0.562. The summed E-state index contributed by atoms with van der Waals surface area (Å²) in [6.07, 6.45) is 2.54. The van der Waals surface area contributed by atoms with Gasteiger partial charge < -0.3 is 19.7 Å². The van der Waals surface area contributed by atoms with Gasteiger partial charge in [-0.2, -0.15) is 5.10 Å². The Morgan fingerprint density at radius 2 is 1.68 bits per heavy atom. The van der Waals surface area contributed by atoms with Crippen molar-refractivity contribution in [3.8, 4) is 11.4 Å². The first-order chi connectivity index (χ1) is 17.6. The van der Waals surface area contributed by atoms with Crippen molar-refractivity contribution in [3.63, 3.8) is 0 Å². The summed E-state index contributed by atoms with van der Waals surface area (Å²) in [5, 5.41) is 8.56. The van der Waals surface area contributed by atoms with Crippen LogP contribution in [0.1, 0.15) is 55.6 Å². The van der Waals surface area contributed by atoms with Crippen LogP contribution in [0.25, 0.3) is 5.69 Å². The van der Waals surface area contributed by atoms with E-state index in [-0.39, 0.29) is 17.9 Å². The van der Waals surface area contributed by atoms with Crippen LogP contribution < -0.4 is 10.1 Å². The highest BCUT2D eigenvalue weighted by molar-refractivity contribution is 6.31. The molecule has 196 valence electrons. The van der Waals surface area contributed by atoms with Gasteiger partial charge >= 0.3 is 6.09 Å². The van der Waals surface area contributed by atoms with E-state index in [0.29, 0.717) is 53.0 Å². The molecule has 1 N–H and O–H groups in total. The Kier molecular flexibility index (Phi) is 7.99. The zero-order valence-corrected chi connectivity index (χ0v) is 22.8. The standard InChI is InChI=1S/C27H30Cl2N4O4/c1-27(2,3)37-26(35)32-13-11-17(12-14-32)24-21(16-30-33(24)20-8-5-18(28)6-9-20)25(34)31-22-15-19(29)7-10-23(22)36-4/h5-10,15-17H,11-14H2,1-4H3,(H,31,34). The molecule has 0 atom stereocenters. The first-order valence-electron chi connectivity index (χ1n) is 12.0. The number of halogens is 2. The number of hydrogen-bond acceptors (Lipinski definition) is 5. The molecule has 0 radical (unpaired) electrons. The lowest BCUT2D eigenvalue weighted by Gasteiger charge is -2.34. The molecule has 0 aliphatic carbocycles. The number of likely N-dealkylation sites (tertiary alicyclic amines) is 1. The molecule has 1 aliphatic rings.